The summed E-state index contributed by atoms with van der Waals surface area (Å²) in [6.07, 6.45) is 3.61. The second kappa shape index (κ2) is 13.9. The van der Waals surface area contributed by atoms with Crippen LogP contribution in [0.2, 0.25) is 0 Å². The van der Waals surface area contributed by atoms with Crippen LogP contribution < -0.4 is 20.7 Å². The maximum atomic E-state index is 13.9. The molecule has 2 aromatic carbocycles. The largest absolute Gasteiger partial charge is 0.487 e. The molecule has 2 bridgehead atoms. The Morgan fingerprint density at radius 2 is 1.64 bits per heavy atom. The zero-order valence-electron chi connectivity index (χ0n) is 23.8. The van der Waals surface area contributed by atoms with Crippen molar-refractivity contribution >= 4 is 23.8 Å². The van der Waals surface area contributed by atoms with Crippen molar-refractivity contribution in [3.8, 4) is 5.75 Å². The topological polar surface area (TPSA) is 99.8 Å². The van der Waals surface area contributed by atoms with Crippen LogP contribution in [0.25, 0.3) is 6.08 Å². The highest BCUT2D eigenvalue weighted by Gasteiger charge is 2.38. The van der Waals surface area contributed by atoms with E-state index >= 15 is 0 Å². The third-order valence-electron chi connectivity index (χ3n) is 6.76. The Hall–Kier alpha value is -3.65. The fraction of sp³-hybridized carbons (Fsp3) is 0.452. The van der Waals surface area contributed by atoms with Gasteiger partial charge in [0, 0.05) is 6.20 Å². The quantitative estimate of drug-likeness (QED) is 0.482. The van der Waals surface area contributed by atoms with Gasteiger partial charge in [-0.3, -0.25) is 19.3 Å². The second-order valence-corrected chi connectivity index (χ2v) is 11.1. The molecule has 0 spiro atoms. The Morgan fingerprint density at radius 3 is 2.23 bits per heavy atom. The minimum Gasteiger partial charge on any atom is -0.487 e. The molecule has 4 atom stereocenters. The molecular formula is C31H42N4O4. The van der Waals surface area contributed by atoms with Gasteiger partial charge in [0.15, 0.2) is 0 Å². The molecule has 0 fully saturated rings. The average molecular weight is 535 g/mol. The SMILES string of the molecule is CC(C)C[C@@H]1NC(=O)[C@@H](NC(=O)[C@H](Cc2ccccc2)N(C)C)[C@H](C(C)C)Oc2ccc(cc2)C=CNC1=O. The van der Waals surface area contributed by atoms with E-state index in [9.17, 15) is 14.4 Å². The molecule has 39 heavy (non-hydrogen) atoms. The van der Waals surface area contributed by atoms with Gasteiger partial charge in [-0.05, 0) is 68.1 Å². The fourth-order valence-corrected chi connectivity index (χ4v) is 4.58. The zero-order chi connectivity index (χ0) is 28.5. The molecule has 2 aromatic rings. The van der Waals surface area contributed by atoms with Crippen molar-refractivity contribution in [2.75, 3.05) is 14.1 Å². The first-order valence-electron chi connectivity index (χ1n) is 13.6. The highest BCUT2D eigenvalue weighted by molar-refractivity contribution is 5.94. The molecule has 3 N–H and O–H groups in total. The molecule has 0 saturated heterocycles. The molecule has 0 unspecified atom stereocenters. The van der Waals surface area contributed by atoms with Crippen molar-refractivity contribution in [1.29, 1.82) is 0 Å². The minimum atomic E-state index is -1.03. The Balaban J connectivity index is 1.98. The van der Waals surface area contributed by atoms with Crippen molar-refractivity contribution in [1.82, 2.24) is 20.9 Å². The van der Waals surface area contributed by atoms with Gasteiger partial charge in [-0.1, -0.05) is 70.2 Å². The van der Waals surface area contributed by atoms with Crippen LogP contribution in [0, 0.1) is 11.8 Å². The van der Waals surface area contributed by atoms with Gasteiger partial charge in [-0.15, -0.1) is 0 Å². The van der Waals surface area contributed by atoms with Gasteiger partial charge in [0.25, 0.3) is 0 Å². The number of likely N-dealkylation sites (N-methyl/N-ethyl adjacent to an activating group) is 1. The van der Waals surface area contributed by atoms with E-state index < -0.39 is 30.1 Å². The average Bonchev–Trinajstić information content (AvgIpc) is 2.89. The van der Waals surface area contributed by atoms with E-state index in [1.807, 2.05) is 101 Å². The van der Waals surface area contributed by atoms with Crippen molar-refractivity contribution in [3.63, 3.8) is 0 Å². The Morgan fingerprint density at radius 1 is 0.974 bits per heavy atom. The van der Waals surface area contributed by atoms with Crippen LogP contribution in [-0.2, 0) is 20.8 Å². The van der Waals surface area contributed by atoms with Gasteiger partial charge in [-0.25, -0.2) is 0 Å². The summed E-state index contributed by atoms with van der Waals surface area (Å²) in [6.45, 7) is 7.88. The zero-order valence-corrected chi connectivity index (χ0v) is 23.8. The van der Waals surface area contributed by atoms with Crippen molar-refractivity contribution in [2.45, 2.75) is 64.8 Å². The summed E-state index contributed by atoms with van der Waals surface area (Å²) in [6, 6.07) is 14.8. The monoisotopic (exact) mass is 534 g/mol. The third-order valence-corrected chi connectivity index (χ3v) is 6.76. The van der Waals surface area contributed by atoms with Gasteiger partial charge in [-0.2, -0.15) is 0 Å². The molecule has 210 valence electrons. The fourth-order valence-electron chi connectivity index (χ4n) is 4.58. The second-order valence-electron chi connectivity index (χ2n) is 11.1. The number of benzene rings is 2. The van der Waals surface area contributed by atoms with Crippen molar-refractivity contribution in [3.05, 3.63) is 71.9 Å². The van der Waals surface area contributed by atoms with Crippen LogP contribution in [0.15, 0.2) is 60.8 Å². The van der Waals surface area contributed by atoms with E-state index in [1.165, 1.54) is 0 Å². The minimum absolute atomic E-state index is 0.127. The Bertz CT molecular complexity index is 1130. The number of ether oxygens (including phenoxy) is 1. The first-order valence-corrected chi connectivity index (χ1v) is 13.6. The van der Waals surface area contributed by atoms with E-state index in [2.05, 4.69) is 16.0 Å². The van der Waals surface area contributed by atoms with E-state index in [0.717, 1.165) is 11.1 Å². The number of nitrogens with zero attached hydrogens (tertiary/aromatic N) is 1. The first-order chi connectivity index (χ1) is 18.5. The van der Waals surface area contributed by atoms with E-state index in [0.29, 0.717) is 18.6 Å². The molecule has 0 aromatic heterocycles. The highest BCUT2D eigenvalue weighted by Crippen LogP contribution is 2.21. The van der Waals surface area contributed by atoms with Crippen LogP contribution in [0.3, 0.4) is 0 Å². The maximum Gasteiger partial charge on any atom is 0.247 e. The molecule has 3 amide bonds. The molecule has 0 aliphatic carbocycles. The number of rotatable bonds is 8. The molecule has 0 radical (unpaired) electrons. The van der Waals surface area contributed by atoms with E-state index in [-0.39, 0.29) is 23.7 Å². The summed E-state index contributed by atoms with van der Waals surface area (Å²) in [4.78, 5) is 42.5. The lowest BCUT2D eigenvalue weighted by Crippen LogP contribution is -2.62. The first kappa shape index (κ1) is 29.9. The summed E-state index contributed by atoms with van der Waals surface area (Å²) in [5.41, 5.74) is 1.91. The Kier molecular flexibility index (Phi) is 10.7. The van der Waals surface area contributed by atoms with Gasteiger partial charge >= 0.3 is 0 Å². The van der Waals surface area contributed by atoms with E-state index in [4.69, 9.17) is 4.74 Å². The molecule has 4 rings (SSSR count). The van der Waals surface area contributed by atoms with Crippen LogP contribution in [-0.4, -0.2) is 60.9 Å². The number of amides is 3. The van der Waals surface area contributed by atoms with Crippen LogP contribution in [0.1, 0.15) is 45.2 Å². The smallest absolute Gasteiger partial charge is 0.247 e. The summed E-state index contributed by atoms with van der Waals surface area (Å²) in [5.74, 6) is -0.446. The van der Waals surface area contributed by atoms with Crippen LogP contribution >= 0.6 is 0 Å². The molecule has 8 nitrogen and oxygen atoms in total. The van der Waals surface area contributed by atoms with Gasteiger partial charge in [0.2, 0.25) is 17.7 Å². The lowest BCUT2D eigenvalue weighted by Gasteiger charge is -2.34. The molecule has 2 aliphatic rings. The summed E-state index contributed by atoms with van der Waals surface area (Å²) in [7, 11) is 3.69. The normalized spacial score (nSPS) is 20.8. The molecule has 2 heterocycles. The molecule has 0 saturated carbocycles. The van der Waals surface area contributed by atoms with Crippen LogP contribution in [0.4, 0.5) is 0 Å². The number of hydrogen-bond donors (Lipinski definition) is 3. The molecule has 8 heteroatoms. The van der Waals surface area contributed by atoms with E-state index in [1.54, 1.807) is 12.3 Å². The number of carbonyl (C=O) groups excluding carboxylic acids is 3. The number of nitrogens with one attached hydrogen (secondary N) is 3. The van der Waals surface area contributed by atoms with Crippen LogP contribution in [0.5, 0.6) is 5.75 Å². The van der Waals surface area contributed by atoms with Gasteiger partial charge < -0.3 is 20.7 Å². The number of fused-ring (bicyclic) bond motifs is 10. The molecular weight excluding hydrogens is 492 g/mol. The van der Waals surface area contributed by atoms with Crippen molar-refractivity contribution < 1.29 is 19.1 Å². The summed E-state index contributed by atoms with van der Waals surface area (Å²) >= 11 is 0. The highest BCUT2D eigenvalue weighted by atomic mass is 16.5. The number of hydrogen-bond acceptors (Lipinski definition) is 5. The maximum absolute atomic E-state index is 13.9. The Labute approximate surface area is 232 Å². The predicted molar refractivity (Wildman–Crippen MR) is 154 cm³/mol. The summed E-state index contributed by atoms with van der Waals surface area (Å²) < 4.78 is 6.35. The third kappa shape index (κ3) is 8.68. The van der Waals surface area contributed by atoms with Gasteiger partial charge in [0.05, 0.1) is 6.04 Å². The van der Waals surface area contributed by atoms with Gasteiger partial charge in [0.1, 0.15) is 23.9 Å². The predicted octanol–water partition coefficient (Wildman–Crippen LogP) is 3.38. The summed E-state index contributed by atoms with van der Waals surface area (Å²) in [5, 5.41) is 8.70. The standard InChI is InChI=1S/C31H42N4O4/c1-20(2)18-25-29(36)32-17-16-22-12-14-24(15-13-22)39-28(21(3)4)27(31(38)33-25)34-30(37)26(35(5)6)19-23-10-8-7-9-11-23/h7-17,20-21,25-28H,18-19H2,1-6H3,(H,32,36)(H,33,38)(H,34,37)/t25-,26-,27-,28-/m0/s1. The lowest BCUT2D eigenvalue weighted by atomic mass is 9.96. The van der Waals surface area contributed by atoms with Crippen molar-refractivity contribution in [2.24, 2.45) is 11.8 Å². The lowest BCUT2D eigenvalue weighted by molar-refractivity contribution is -0.136. The number of carbonyl (C=O) groups is 3. The molecule has 2 aliphatic heterocycles.